The fraction of sp³-hybridized carbons (Fsp3) is 0.615. The molecule has 4 heteroatoms. The molecular formula is C13H20BrN3. The molecule has 0 radical (unpaired) electrons. The van der Waals surface area contributed by atoms with Crippen molar-refractivity contribution < 1.29 is 0 Å². The third-order valence-corrected chi connectivity index (χ3v) is 4.28. The number of nitrogens with one attached hydrogen (secondary N) is 1. The lowest BCUT2D eigenvalue weighted by Gasteiger charge is -2.34. The summed E-state index contributed by atoms with van der Waals surface area (Å²) >= 11 is 3.48. The molecule has 1 aliphatic carbocycles. The Morgan fingerprint density at radius 2 is 2.06 bits per heavy atom. The van der Waals surface area contributed by atoms with Crippen LogP contribution in [0.5, 0.6) is 0 Å². The second kappa shape index (κ2) is 5.25. The third-order valence-electron chi connectivity index (χ3n) is 3.68. The maximum atomic E-state index is 5.93. The molecule has 1 aromatic rings. The largest absolute Gasteiger partial charge is 0.396 e. The lowest BCUT2D eigenvalue weighted by atomic mass is 9.76. The molecule has 0 amide bonds. The van der Waals surface area contributed by atoms with Crippen LogP contribution in [0.3, 0.4) is 0 Å². The van der Waals surface area contributed by atoms with Crippen molar-refractivity contribution in [1.82, 2.24) is 4.98 Å². The number of anilines is 2. The molecule has 0 atom stereocenters. The number of nitrogens with zero attached hydrogens (tertiary/aromatic N) is 1. The van der Waals surface area contributed by atoms with Crippen LogP contribution in [-0.2, 0) is 0 Å². The number of aromatic nitrogens is 1. The molecule has 17 heavy (non-hydrogen) atoms. The van der Waals surface area contributed by atoms with Gasteiger partial charge in [0.05, 0.1) is 22.0 Å². The molecule has 2 rings (SSSR count). The van der Waals surface area contributed by atoms with Crippen molar-refractivity contribution in [1.29, 1.82) is 0 Å². The van der Waals surface area contributed by atoms with Gasteiger partial charge in [-0.2, -0.15) is 0 Å². The van der Waals surface area contributed by atoms with Crippen LogP contribution in [0.25, 0.3) is 0 Å². The van der Waals surface area contributed by atoms with Crippen molar-refractivity contribution in [2.75, 3.05) is 17.6 Å². The van der Waals surface area contributed by atoms with Gasteiger partial charge in [-0.25, -0.2) is 0 Å². The highest BCUT2D eigenvalue weighted by atomic mass is 79.9. The van der Waals surface area contributed by atoms with Crippen molar-refractivity contribution in [3.05, 3.63) is 16.9 Å². The van der Waals surface area contributed by atoms with E-state index in [4.69, 9.17) is 5.73 Å². The van der Waals surface area contributed by atoms with Gasteiger partial charge >= 0.3 is 0 Å². The minimum atomic E-state index is 0.410. The maximum Gasteiger partial charge on any atom is 0.0750 e. The summed E-state index contributed by atoms with van der Waals surface area (Å²) in [5, 5.41) is 3.48. The van der Waals surface area contributed by atoms with E-state index >= 15 is 0 Å². The molecule has 0 aromatic carbocycles. The summed E-state index contributed by atoms with van der Waals surface area (Å²) in [6.07, 6.45) is 10.2. The zero-order valence-electron chi connectivity index (χ0n) is 10.3. The van der Waals surface area contributed by atoms with Crippen LogP contribution in [0, 0.1) is 5.41 Å². The summed E-state index contributed by atoms with van der Waals surface area (Å²) in [6, 6.07) is 0. The minimum absolute atomic E-state index is 0.410. The standard InChI is InChI=1S/C13H20BrN3/c1-13(5-3-2-4-6-13)9-17-12-10(14)7-16-8-11(12)15/h7-8H,2-6,9,15H2,1H3,(H,16,17). The summed E-state index contributed by atoms with van der Waals surface area (Å²) in [7, 11) is 0. The predicted octanol–water partition coefficient (Wildman–Crippen LogP) is 3.81. The van der Waals surface area contributed by atoms with E-state index in [1.807, 2.05) is 0 Å². The number of halogens is 1. The van der Waals surface area contributed by atoms with Crippen LogP contribution in [-0.4, -0.2) is 11.5 Å². The fourth-order valence-corrected chi connectivity index (χ4v) is 3.01. The summed E-state index contributed by atoms with van der Waals surface area (Å²) in [4.78, 5) is 4.04. The lowest BCUT2D eigenvalue weighted by Crippen LogP contribution is -2.29. The average molecular weight is 298 g/mol. The molecule has 0 saturated heterocycles. The van der Waals surface area contributed by atoms with E-state index < -0.39 is 0 Å². The fourth-order valence-electron chi connectivity index (χ4n) is 2.52. The van der Waals surface area contributed by atoms with Crippen LogP contribution >= 0.6 is 15.9 Å². The summed E-state index contributed by atoms with van der Waals surface area (Å²) in [5.41, 5.74) is 8.02. The molecule has 0 bridgehead atoms. The van der Waals surface area contributed by atoms with Crippen molar-refractivity contribution in [3.8, 4) is 0 Å². The maximum absolute atomic E-state index is 5.93. The van der Waals surface area contributed by atoms with Crippen molar-refractivity contribution in [2.24, 2.45) is 5.41 Å². The first-order chi connectivity index (χ1) is 8.11. The van der Waals surface area contributed by atoms with Gasteiger partial charge in [0, 0.05) is 12.7 Å². The molecule has 0 spiro atoms. The molecule has 3 nitrogen and oxygen atoms in total. The first-order valence-electron chi connectivity index (χ1n) is 6.24. The zero-order valence-corrected chi connectivity index (χ0v) is 11.9. The highest BCUT2D eigenvalue weighted by Gasteiger charge is 2.26. The van der Waals surface area contributed by atoms with Crippen LogP contribution in [0.1, 0.15) is 39.0 Å². The Labute approximate surface area is 111 Å². The van der Waals surface area contributed by atoms with Gasteiger partial charge in [-0.3, -0.25) is 4.98 Å². The molecule has 3 N–H and O–H groups in total. The van der Waals surface area contributed by atoms with Crippen LogP contribution < -0.4 is 11.1 Å². The van der Waals surface area contributed by atoms with Gasteiger partial charge in [0.1, 0.15) is 0 Å². The Morgan fingerprint density at radius 3 is 2.71 bits per heavy atom. The number of pyridine rings is 1. The SMILES string of the molecule is CC1(CNc2c(N)cncc2Br)CCCCC1. The van der Waals surface area contributed by atoms with E-state index in [-0.39, 0.29) is 0 Å². The molecule has 1 aliphatic rings. The molecular weight excluding hydrogens is 278 g/mol. The summed E-state index contributed by atoms with van der Waals surface area (Å²) in [6.45, 7) is 3.35. The van der Waals surface area contributed by atoms with Crippen molar-refractivity contribution >= 4 is 27.3 Å². The van der Waals surface area contributed by atoms with Crippen LogP contribution in [0.4, 0.5) is 11.4 Å². The number of nitrogens with two attached hydrogens (primary N) is 1. The highest BCUT2D eigenvalue weighted by Crippen LogP contribution is 2.37. The molecule has 1 aromatic heterocycles. The van der Waals surface area contributed by atoms with Gasteiger partial charge in [-0.1, -0.05) is 26.2 Å². The van der Waals surface area contributed by atoms with Crippen LogP contribution in [0.2, 0.25) is 0 Å². The quantitative estimate of drug-likeness (QED) is 0.892. The normalized spacial score (nSPS) is 18.9. The smallest absolute Gasteiger partial charge is 0.0750 e. The molecule has 1 heterocycles. The van der Waals surface area contributed by atoms with Gasteiger partial charge in [0.25, 0.3) is 0 Å². The topological polar surface area (TPSA) is 50.9 Å². The molecule has 94 valence electrons. The Hall–Kier alpha value is -0.770. The number of nitrogen functional groups attached to an aromatic ring is 1. The Balaban J connectivity index is 2.02. The second-order valence-corrected chi connectivity index (χ2v) is 6.16. The molecule has 1 saturated carbocycles. The Morgan fingerprint density at radius 1 is 1.35 bits per heavy atom. The third kappa shape index (κ3) is 3.12. The Kier molecular flexibility index (Phi) is 3.92. The monoisotopic (exact) mass is 297 g/mol. The number of hydrogen-bond donors (Lipinski definition) is 2. The first kappa shape index (κ1) is 12.7. The summed E-state index contributed by atoms with van der Waals surface area (Å²) < 4.78 is 0.942. The van der Waals surface area contributed by atoms with Gasteiger partial charge < -0.3 is 11.1 Å². The molecule has 1 fully saturated rings. The minimum Gasteiger partial charge on any atom is -0.396 e. The van der Waals surface area contributed by atoms with E-state index in [1.54, 1.807) is 12.4 Å². The zero-order chi connectivity index (χ0) is 12.3. The summed E-state index contributed by atoms with van der Waals surface area (Å²) in [5.74, 6) is 0. The molecule has 0 aliphatic heterocycles. The predicted molar refractivity (Wildman–Crippen MR) is 76.0 cm³/mol. The van der Waals surface area contributed by atoms with Gasteiger partial charge in [0.2, 0.25) is 0 Å². The lowest BCUT2D eigenvalue weighted by molar-refractivity contribution is 0.233. The van der Waals surface area contributed by atoms with Crippen LogP contribution in [0.15, 0.2) is 16.9 Å². The Bertz CT molecular complexity index is 366. The first-order valence-corrected chi connectivity index (χ1v) is 7.03. The van der Waals surface area contributed by atoms with Crippen molar-refractivity contribution in [2.45, 2.75) is 39.0 Å². The van der Waals surface area contributed by atoms with Gasteiger partial charge in [-0.15, -0.1) is 0 Å². The average Bonchev–Trinajstić information content (AvgIpc) is 2.29. The van der Waals surface area contributed by atoms with Crippen molar-refractivity contribution in [3.63, 3.8) is 0 Å². The van der Waals surface area contributed by atoms with E-state index in [9.17, 15) is 0 Å². The number of rotatable bonds is 3. The van der Waals surface area contributed by atoms with Gasteiger partial charge in [0.15, 0.2) is 0 Å². The van der Waals surface area contributed by atoms with E-state index in [0.717, 1.165) is 16.7 Å². The van der Waals surface area contributed by atoms with E-state index in [2.05, 4.69) is 33.2 Å². The second-order valence-electron chi connectivity index (χ2n) is 5.31. The van der Waals surface area contributed by atoms with E-state index in [1.165, 1.54) is 32.1 Å². The number of hydrogen-bond acceptors (Lipinski definition) is 3. The van der Waals surface area contributed by atoms with Gasteiger partial charge in [-0.05, 0) is 34.2 Å². The van der Waals surface area contributed by atoms with E-state index in [0.29, 0.717) is 11.1 Å². The molecule has 0 unspecified atom stereocenters. The highest BCUT2D eigenvalue weighted by molar-refractivity contribution is 9.10.